The van der Waals surface area contributed by atoms with Gasteiger partial charge in [0.15, 0.2) is 9.84 Å². The molecule has 0 bridgehead atoms. The van der Waals surface area contributed by atoms with Crippen LogP contribution in [0, 0.1) is 6.92 Å². The number of piperazine rings is 1. The van der Waals surface area contributed by atoms with E-state index in [1.165, 1.54) is 6.07 Å². The van der Waals surface area contributed by atoms with E-state index < -0.39 is 9.84 Å². The summed E-state index contributed by atoms with van der Waals surface area (Å²) >= 11 is 0. The number of sulfone groups is 1. The Hall–Kier alpha value is -1.40. The predicted octanol–water partition coefficient (Wildman–Crippen LogP) is 1.17. The van der Waals surface area contributed by atoms with Gasteiger partial charge in [0.25, 0.3) is 5.91 Å². The Morgan fingerprint density at radius 2 is 1.95 bits per heavy atom. The minimum Gasteiger partial charge on any atom is -0.333 e. The van der Waals surface area contributed by atoms with E-state index in [-0.39, 0.29) is 16.8 Å². The fourth-order valence-electron chi connectivity index (χ4n) is 2.66. The average molecular weight is 310 g/mol. The van der Waals surface area contributed by atoms with Crippen molar-refractivity contribution in [1.29, 1.82) is 0 Å². The van der Waals surface area contributed by atoms with Gasteiger partial charge < -0.3 is 9.80 Å². The lowest BCUT2D eigenvalue weighted by atomic mass is 10.1. The van der Waals surface area contributed by atoms with Crippen LogP contribution in [-0.2, 0) is 9.84 Å². The van der Waals surface area contributed by atoms with Gasteiger partial charge in [0.1, 0.15) is 0 Å². The minimum atomic E-state index is -3.31. The van der Waals surface area contributed by atoms with Crippen molar-refractivity contribution in [1.82, 2.24) is 9.80 Å². The summed E-state index contributed by atoms with van der Waals surface area (Å²) in [5, 5.41) is 0. The number of carbonyl (C=O) groups excluding carboxylic acids is 1. The third-order valence-corrected chi connectivity index (χ3v) is 5.07. The largest absolute Gasteiger partial charge is 0.333 e. The lowest BCUT2D eigenvalue weighted by molar-refractivity contribution is 0.0532. The molecule has 1 unspecified atom stereocenters. The zero-order chi connectivity index (χ0) is 15.8. The second-order valence-electron chi connectivity index (χ2n) is 5.86. The second kappa shape index (κ2) is 5.77. The van der Waals surface area contributed by atoms with Crippen molar-refractivity contribution in [3.05, 3.63) is 29.3 Å². The third kappa shape index (κ3) is 3.44. The van der Waals surface area contributed by atoms with Gasteiger partial charge in [-0.2, -0.15) is 0 Å². The van der Waals surface area contributed by atoms with Gasteiger partial charge in [0.2, 0.25) is 0 Å². The van der Waals surface area contributed by atoms with Crippen molar-refractivity contribution in [2.45, 2.75) is 24.8 Å². The van der Waals surface area contributed by atoms with Crippen LogP contribution in [0.4, 0.5) is 0 Å². The summed E-state index contributed by atoms with van der Waals surface area (Å²) in [7, 11) is -1.27. The molecule has 1 fully saturated rings. The summed E-state index contributed by atoms with van der Waals surface area (Å²) in [6, 6.07) is 4.87. The van der Waals surface area contributed by atoms with Crippen LogP contribution in [0.3, 0.4) is 0 Å². The standard InChI is InChI=1S/C15H22N2O3S/c1-11-5-6-13(21(4,19)20)9-14(11)15(18)17-8-7-16(3)10-12(17)2/h5-6,9,12H,7-8,10H2,1-4H3. The molecule has 5 nitrogen and oxygen atoms in total. The number of likely N-dealkylation sites (N-methyl/N-ethyl adjacent to an activating group) is 1. The first-order valence-electron chi connectivity index (χ1n) is 7.00. The summed E-state index contributed by atoms with van der Waals surface area (Å²) in [6.07, 6.45) is 1.16. The Balaban J connectivity index is 2.35. The number of hydrogen-bond donors (Lipinski definition) is 0. The van der Waals surface area contributed by atoms with Gasteiger partial charge in [-0.1, -0.05) is 6.07 Å². The molecule has 1 atom stereocenters. The van der Waals surface area contributed by atoms with Crippen molar-refractivity contribution < 1.29 is 13.2 Å². The topological polar surface area (TPSA) is 57.7 Å². The minimum absolute atomic E-state index is 0.0846. The molecule has 6 heteroatoms. The lowest BCUT2D eigenvalue weighted by Gasteiger charge is -2.38. The van der Waals surface area contributed by atoms with E-state index in [4.69, 9.17) is 0 Å². The van der Waals surface area contributed by atoms with Crippen LogP contribution in [0.5, 0.6) is 0 Å². The van der Waals surface area contributed by atoms with Gasteiger partial charge in [-0.05, 0) is 38.6 Å². The molecule has 0 aliphatic carbocycles. The number of nitrogens with zero attached hydrogens (tertiary/aromatic N) is 2. The van der Waals surface area contributed by atoms with Crippen LogP contribution in [-0.4, -0.2) is 63.1 Å². The second-order valence-corrected chi connectivity index (χ2v) is 7.87. The molecular weight excluding hydrogens is 288 g/mol. The van der Waals surface area contributed by atoms with Gasteiger partial charge in [0.05, 0.1) is 4.90 Å². The highest BCUT2D eigenvalue weighted by atomic mass is 32.2. The third-order valence-electron chi connectivity index (χ3n) is 3.96. The van der Waals surface area contributed by atoms with E-state index >= 15 is 0 Å². The normalized spacial score (nSPS) is 20.6. The summed E-state index contributed by atoms with van der Waals surface area (Å²) < 4.78 is 23.3. The Morgan fingerprint density at radius 1 is 1.29 bits per heavy atom. The first-order valence-corrected chi connectivity index (χ1v) is 8.89. The molecule has 1 aromatic carbocycles. The van der Waals surface area contributed by atoms with Crippen molar-refractivity contribution in [2.24, 2.45) is 0 Å². The van der Waals surface area contributed by atoms with E-state index in [1.54, 1.807) is 12.1 Å². The van der Waals surface area contributed by atoms with Crippen LogP contribution >= 0.6 is 0 Å². The molecule has 2 rings (SSSR count). The molecule has 1 saturated heterocycles. The van der Waals surface area contributed by atoms with E-state index in [9.17, 15) is 13.2 Å². The molecule has 1 amide bonds. The molecule has 116 valence electrons. The van der Waals surface area contributed by atoms with Crippen LogP contribution < -0.4 is 0 Å². The number of aryl methyl sites for hydroxylation is 1. The molecule has 1 aliphatic heterocycles. The van der Waals surface area contributed by atoms with Gasteiger partial charge in [-0.15, -0.1) is 0 Å². The van der Waals surface area contributed by atoms with E-state index in [0.29, 0.717) is 12.1 Å². The smallest absolute Gasteiger partial charge is 0.254 e. The zero-order valence-corrected chi connectivity index (χ0v) is 13.8. The van der Waals surface area contributed by atoms with E-state index in [2.05, 4.69) is 4.90 Å². The SMILES string of the molecule is Cc1ccc(S(C)(=O)=O)cc1C(=O)N1CCN(C)CC1C. The van der Waals surface area contributed by atoms with Gasteiger partial charge in [-0.3, -0.25) is 4.79 Å². The molecule has 0 saturated carbocycles. The molecule has 1 heterocycles. The molecule has 0 radical (unpaired) electrons. The molecular formula is C15H22N2O3S. The van der Waals surface area contributed by atoms with Crippen LogP contribution in [0.15, 0.2) is 23.1 Å². The number of carbonyl (C=O) groups is 1. The Labute approximate surface area is 126 Å². The Morgan fingerprint density at radius 3 is 2.52 bits per heavy atom. The van der Waals surface area contributed by atoms with Crippen molar-refractivity contribution in [2.75, 3.05) is 32.9 Å². The van der Waals surface area contributed by atoms with Crippen LogP contribution in [0.1, 0.15) is 22.8 Å². The summed E-state index contributed by atoms with van der Waals surface area (Å²) in [5.74, 6) is -0.0846. The maximum Gasteiger partial charge on any atom is 0.254 e. The van der Waals surface area contributed by atoms with Crippen LogP contribution in [0.25, 0.3) is 0 Å². The molecule has 0 aromatic heterocycles. The highest BCUT2D eigenvalue weighted by Gasteiger charge is 2.27. The lowest BCUT2D eigenvalue weighted by Crippen LogP contribution is -2.52. The van der Waals surface area contributed by atoms with Crippen molar-refractivity contribution in [3.8, 4) is 0 Å². The predicted molar refractivity (Wildman–Crippen MR) is 82.3 cm³/mol. The van der Waals surface area contributed by atoms with Gasteiger partial charge in [-0.25, -0.2) is 8.42 Å². The monoisotopic (exact) mass is 310 g/mol. The first kappa shape index (κ1) is 16.0. The van der Waals surface area contributed by atoms with Crippen LogP contribution in [0.2, 0.25) is 0 Å². The quantitative estimate of drug-likeness (QED) is 0.823. The Kier molecular flexibility index (Phi) is 4.39. The molecule has 1 aliphatic rings. The Bertz CT molecular complexity index is 655. The summed E-state index contributed by atoms with van der Waals surface area (Å²) in [5.41, 5.74) is 1.29. The maximum absolute atomic E-state index is 12.7. The first-order chi connectivity index (χ1) is 9.70. The van der Waals surface area contributed by atoms with E-state index in [0.717, 1.165) is 24.9 Å². The fraction of sp³-hybridized carbons (Fsp3) is 0.533. The maximum atomic E-state index is 12.7. The molecule has 0 N–H and O–H groups in total. The average Bonchev–Trinajstić information content (AvgIpc) is 2.37. The number of hydrogen-bond acceptors (Lipinski definition) is 4. The molecule has 1 aromatic rings. The highest BCUT2D eigenvalue weighted by Crippen LogP contribution is 2.20. The zero-order valence-electron chi connectivity index (χ0n) is 13.0. The molecule has 21 heavy (non-hydrogen) atoms. The number of benzene rings is 1. The number of rotatable bonds is 2. The van der Waals surface area contributed by atoms with Crippen molar-refractivity contribution >= 4 is 15.7 Å². The summed E-state index contributed by atoms with van der Waals surface area (Å²) in [6.45, 7) is 6.18. The van der Waals surface area contributed by atoms with E-state index in [1.807, 2.05) is 25.8 Å². The number of amides is 1. The highest BCUT2D eigenvalue weighted by molar-refractivity contribution is 7.90. The van der Waals surface area contributed by atoms with Crippen molar-refractivity contribution in [3.63, 3.8) is 0 Å². The van der Waals surface area contributed by atoms with Gasteiger partial charge in [0, 0.05) is 37.5 Å². The summed E-state index contributed by atoms with van der Waals surface area (Å²) in [4.78, 5) is 16.9. The molecule has 0 spiro atoms. The van der Waals surface area contributed by atoms with Gasteiger partial charge >= 0.3 is 0 Å². The fourth-order valence-corrected chi connectivity index (χ4v) is 3.31.